The monoisotopic (exact) mass is 332 g/mol. The molecule has 0 aliphatic carbocycles. The van der Waals surface area contributed by atoms with Gasteiger partial charge in [0, 0.05) is 24.2 Å². The normalized spacial score (nSPS) is 29.7. The molecule has 4 nitrogen and oxygen atoms in total. The summed E-state index contributed by atoms with van der Waals surface area (Å²) in [5.41, 5.74) is 9.32. The zero-order chi connectivity index (χ0) is 17.3. The van der Waals surface area contributed by atoms with E-state index in [0.29, 0.717) is 6.04 Å². The predicted octanol–water partition coefficient (Wildman–Crippen LogP) is 3.46. The van der Waals surface area contributed by atoms with Gasteiger partial charge in [0.05, 0.1) is 14.2 Å². The molecule has 0 aromatic heterocycles. The molecule has 0 radical (unpaired) electrons. The van der Waals surface area contributed by atoms with E-state index in [1.54, 1.807) is 14.2 Å². The van der Waals surface area contributed by atoms with Crippen molar-refractivity contribution in [1.82, 2.24) is 4.90 Å². The van der Waals surface area contributed by atoms with Gasteiger partial charge < -0.3 is 15.2 Å². The number of methoxy groups -OCH3 is 2. The zero-order valence-corrected chi connectivity index (χ0v) is 15.6. The molecule has 0 amide bonds. The third-order valence-corrected chi connectivity index (χ3v) is 5.99. The van der Waals surface area contributed by atoms with E-state index in [0.717, 1.165) is 37.3 Å². The fourth-order valence-electron chi connectivity index (χ4n) is 4.88. The van der Waals surface area contributed by atoms with Gasteiger partial charge in [-0.3, -0.25) is 4.90 Å². The maximum atomic E-state index is 6.45. The Morgan fingerprint density at radius 1 is 1.25 bits per heavy atom. The summed E-state index contributed by atoms with van der Waals surface area (Å²) in [6, 6.07) is 5.24. The number of unbranched alkanes of at least 4 members (excludes halogenated alkanes) is 1. The maximum absolute atomic E-state index is 6.45. The number of piperidine rings is 1. The molecule has 1 fully saturated rings. The number of ether oxygens (including phenoxy) is 2. The van der Waals surface area contributed by atoms with Gasteiger partial charge in [0.25, 0.3) is 0 Å². The quantitative estimate of drug-likeness (QED) is 0.897. The van der Waals surface area contributed by atoms with E-state index in [1.165, 1.54) is 30.4 Å². The van der Waals surface area contributed by atoms with Crippen LogP contribution in [-0.2, 0) is 12.0 Å². The highest BCUT2D eigenvalue weighted by molar-refractivity contribution is 5.51. The fourth-order valence-corrected chi connectivity index (χ4v) is 4.88. The lowest BCUT2D eigenvalue weighted by molar-refractivity contribution is -0.0175. The van der Waals surface area contributed by atoms with Crippen molar-refractivity contribution in [2.45, 2.75) is 70.0 Å². The summed E-state index contributed by atoms with van der Waals surface area (Å²) in [4.78, 5) is 2.72. The van der Waals surface area contributed by atoms with Crippen LogP contribution in [0.15, 0.2) is 12.1 Å². The van der Waals surface area contributed by atoms with Crippen molar-refractivity contribution in [3.63, 3.8) is 0 Å². The van der Waals surface area contributed by atoms with Gasteiger partial charge in [0.2, 0.25) is 0 Å². The molecular formula is C20H32N2O2. The molecule has 0 bridgehead atoms. The molecule has 4 heteroatoms. The molecule has 1 aromatic rings. The first kappa shape index (κ1) is 17.6. The molecule has 1 aromatic carbocycles. The van der Waals surface area contributed by atoms with E-state index >= 15 is 0 Å². The highest BCUT2D eigenvalue weighted by Gasteiger charge is 2.48. The lowest BCUT2D eigenvalue weighted by Gasteiger charge is -2.56. The zero-order valence-electron chi connectivity index (χ0n) is 15.6. The van der Waals surface area contributed by atoms with Gasteiger partial charge >= 0.3 is 0 Å². The SMILES string of the molecule is CCCCC12CC(N)CCN1C(C)Cc1cc(OC)c(OC)cc12. The Labute approximate surface area is 146 Å². The summed E-state index contributed by atoms with van der Waals surface area (Å²) in [7, 11) is 3.44. The minimum absolute atomic E-state index is 0.0558. The molecule has 3 atom stereocenters. The van der Waals surface area contributed by atoms with Crippen molar-refractivity contribution in [3.8, 4) is 11.5 Å². The van der Waals surface area contributed by atoms with Crippen molar-refractivity contribution in [1.29, 1.82) is 0 Å². The van der Waals surface area contributed by atoms with E-state index in [1.807, 2.05) is 0 Å². The van der Waals surface area contributed by atoms with E-state index in [-0.39, 0.29) is 11.6 Å². The fraction of sp³-hybridized carbons (Fsp3) is 0.700. The van der Waals surface area contributed by atoms with Crippen LogP contribution in [-0.4, -0.2) is 37.7 Å². The van der Waals surface area contributed by atoms with E-state index in [2.05, 4.69) is 30.9 Å². The molecule has 0 saturated carbocycles. The Hall–Kier alpha value is -1.26. The smallest absolute Gasteiger partial charge is 0.161 e. The first-order valence-electron chi connectivity index (χ1n) is 9.33. The van der Waals surface area contributed by atoms with Crippen LogP contribution >= 0.6 is 0 Å². The third kappa shape index (κ3) is 2.80. The number of hydrogen-bond acceptors (Lipinski definition) is 4. The number of fused-ring (bicyclic) bond motifs is 3. The van der Waals surface area contributed by atoms with Crippen LogP contribution in [0.5, 0.6) is 11.5 Å². The molecule has 2 aliphatic heterocycles. The Morgan fingerprint density at radius 2 is 1.96 bits per heavy atom. The van der Waals surface area contributed by atoms with Crippen LogP contribution < -0.4 is 15.2 Å². The maximum Gasteiger partial charge on any atom is 0.161 e. The summed E-state index contributed by atoms with van der Waals surface area (Å²) in [6.45, 7) is 5.72. The molecule has 2 N–H and O–H groups in total. The Kier molecular flexibility index (Phi) is 5.07. The van der Waals surface area contributed by atoms with Gasteiger partial charge in [-0.15, -0.1) is 0 Å². The highest BCUT2D eigenvalue weighted by atomic mass is 16.5. The second-order valence-electron chi connectivity index (χ2n) is 7.50. The number of rotatable bonds is 5. The van der Waals surface area contributed by atoms with Crippen LogP contribution in [0.3, 0.4) is 0 Å². The van der Waals surface area contributed by atoms with Crippen LogP contribution in [0.4, 0.5) is 0 Å². The predicted molar refractivity (Wildman–Crippen MR) is 97.8 cm³/mol. The molecule has 3 rings (SSSR count). The Morgan fingerprint density at radius 3 is 2.62 bits per heavy atom. The number of nitrogens with zero attached hydrogens (tertiary/aromatic N) is 1. The van der Waals surface area contributed by atoms with Crippen LogP contribution in [0, 0.1) is 0 Å². The lowest BCUT2D eigenvalue weighted by Crippen LogP contribution is -2.60. The number of nitrogens with two attached hydrogens (primary N) is 1. The van der Waals surface area contributed by atoms with Gasteiger partial charge in [0.15, 0.2) is 11.5 Å². The molecule has 24 heavy (non-hydrogen) atoms. The second-order valence-corrected chi connectivity index (χ2v) is 7.50. The van der Waals surface area contributed by atoms with Crippen molar-refractivity contribution in [3.05, 3.63) is 23.3 Å². The summed E-state index contributed by atoms with van der Waals surface area (Å²) >= 11 is 0. The Bertz CT molecular complexity index is 589. The third-order valence-electron chi connectivity index (χ3n) is 5.99. The van der Waals surface area contributed by atoms with Crippen LogP contribution in [0.25, 0.3) is 0 Å². The van der Waals surface area contributed by atoms with Crippen molar-refractivity contribution >= 4 is 0 Å². The number of benzene rings is 1. The molecule has 0 spiro atoms. The average Bonchev–Trinajstić information content (AvgIpc) is 2.58. The minimum atomic E-state index is 0.0558. The molecule has 134 valence electrons. The van der Waals surface area contributed by atoms with E-state index in [9.17, 15) is 0 Å². The number of hydrogen-bond donors (Lipinski definition) is 1. The molecule has 1 saturated heterocycles. The largest absolute Gasteiger partial charge is 0.493 e. The van der Waals surface area contributed by atoms with Crippen molar-refractivity contribution in [2.24, 2.45) is 5.73 Å². The van der Waals surface area contributed by atoms with Gasteiger partial charge in [-0.05, 0) is 55.9 Å². The highest BCUT2D eigenvalue weighted by Crippen LogP contribution is 2.49. The standard InChI is InChI=1S/C20H32N2O2/c1-5-6-8-20-13-16(21)7-9-22(20)14(2)10-15-11-18(23-3)19(24-4)12-17(15)20/h11-12,14,16H,5-10,13,21H2,1-4H3. The van der Waals surface area contributed by atoms with Crippen LogP contribution in [0.2, 0.25) is 0 Å². The van der Waals surface area contributed by atoms with Crippen molar-refractivity contribution < 1.29 is 9.47 Å². The van der Waals surface area contributed by atoms with E-state index < -0.39 is 0 Å². The van der Waals surface area contributed by atoms with Crippen LogP contribution in [0.1, 0.15) is 57.1 Å². The van der Waals surface area contributed by atoms with Gasteiger partial charge in [-0.1, -0.05) is 19.8 Å². The summed E-state index contributed by atoms with van der Waals surface area (Å²) in [5, 5.41) is 0. The molecular weight excluding hydrogens is 300 g/mol. The lowest BCUT2D eigenvalue weighted by atomic mass is 9.69. The summed E-state index contributed by atoms with van der Waals surface area (Å²) in [5.74, 6) is 1.67. The Balaban J connectivity index is 2.15. The van der Waals surface area contributed by atoms with Gasteiger partial charge in [-0.25, -0.2) is 0 Å². The molecule has 2 aliphatic rings. The van der Waals surface area contributed by atoms with Crippen molar-refractivity contribution in [2.75, 3.05) is 20.8 Å². The van der Waals surface area contributed by atoms with Gasteiger partial charge in [0.1, 0.15) is 0 Å². The van der Waals surface area contributed by atoms with Gasteiger partial charge in [-0.2, -0.15) is 0 Å². The first-order valence-corrected chi connectivity index (χ1v) is 9.33. The second kappa shape index (κ2) is 6.93. The summed E-state index contributed by atoms with van der Waals surface area (Å²) in [6.07, 6.45) is 6.81. The molecule has 2 heterocycles. The first-order chi connectivity index (χ1) is 11.6. The summed E-state index contributed by atoms with van der Waals surface area (Å²) < 4.78 is 11.2. The average molecular weight is 332 g/mol. The minimum Gasteiger partial charge on any atom is -0.493 e. The van der Waals surface area contributed by atoms with E-state index in [4.69, 9.17) is 15.2 Å². The topological polar surface area (TPSA) is 47.7 Å². The molecule has 3 unspecified atom stereocenters.